The maximum absolute atomic E-state index is 6.14. The van der Waals surface area contributed by atoms with Crippen molar-refractivity contribution in [1.29, 1.82) is 0 Å². The molecule has 2 aromatic carbocycles. The Bertz CT molecular complexity index is 626. The van der Waals surface area contributed by atoms with Gasteiger partial charge in [-0.15, -0.1) is 11.6 Å². The predicted octanol–water partition coefficient (Wildman–Crippen LogP) is 5.66. The van der Waals surface area contributed by atoms with Crippen molar-refractivity contribution < 1.29 is 0 Å². The van der Waals surface area contributed by atoms with Crippen LogP contribution in [-0.2, 0) is 12.3 Å². The largest absolute Gasteiger partial charge is 0.338 e. The van der Waals surface area contributed by atoms with E-state index in [1.54, 1.807) is 0 Å². The molecule has 1 aliphatic rings. The lowest BCUT2D eigenvalue weighted by molar-refractivity contribution is 0.617. The lowest BCUT2D eigenvalue weighted by Gasteiger charge is -2.38. The molecule has 1 atom stereocenters. The first-order valence-electron chi connectivity index (χ1n) is 6.92. The highest BCUT2D eigenvalue weighted by Crippen LogP contribution is 2.39. The Labute approximate surface area is 133 Å². The number of aryl methyl sites for hydroxylation is 1. The maximum atomic E-state index is 6.14. The molecule has 0 aliphatic carbocycles. The van der Waals surface area contributed by atoms with E-state index in [-0.39, 0.29) is 0 Å². The molecule has 0 aromatic heterocycles. The van der Waals surface area contributed by atoms with E-state index >= 15 is 0 Å². The highest BCUT2D eigenvalue weighted by atomic mass is 79.9. The molecular weight excluding hydrogens is 334 g/mol. The third-order valence-electron chi connectivity index (χ3n) is 3.97. The number of fused-ring (bicyclic) bond motifs is 1. The summed E-state index contributed by atoms with van der Waals surface area (Å²) in [4.78, 5) is 2.43. The normalized spacial score (nSPS) is 17.9. The Morgan fingerprint density at radius 3 is 2.80 bits per heavy atom. The van der Waals surface area contributed by atoms with Crippen LogP contribution in [0.4, 0.5) is 11.4 Å². The Balaban J connectivity index is 2.16. The Kier molecular flexibility index (Phi) is 4.04. The van der Waals surface area contributed by atoms with Crippen LogP contribution >= 0.6 is 27.5 Å². The number of hydrogen-bond acceptors (Lipinski definition) is 1. The monoisotopic (exact) mass is 349 g/mol. The molecule has 1 unspecified atom stereocenters. The Morgan fingerprint density at radius 2 is 2.00 bits per heavy atom. The van der Waals surface area contributed by atoms with Gasteiger partial charge in [0.25, 0.3) is 0 Å². The molecule has 3 rings (SSSR count). The number of alkyl halides is 1. The predicted molar refractivity (Wildman–Crippen MR) is 90.1 cm³/mol. The summed E-state index contributed by atoms with van der Waals surface area (Å²) in [6.07, 6.45) is 2.32. The van der Waals surface area contributed by atoms with Crippen molar-refractivity contribution >= 4 is 38.9 Å². The van der Waals surface area contributed by atoms with Crippen molar-refractivity contribution in [2.75, 3.05) is 4.90 Å². The first kappa shape index (κ1) is 14.0. The Hall–Kier alpha value is -0.990. The molecule has 0 saturated carbocycles. The third-order valence-corrected chi connectivity index (χ3v) is 4.76. The second kappa shape index (κ2) is 5.79. The molecule has 0 amide bonds. The highest BCUT2D eigenvalue weighted by molar-refractivity contribution is 9.10. The average molecular weight is 351 g/mol. The van der Waals surface area contributed by atoms with Gasteiger partial charge in [-0.05, 0) is 49.1 Å². The smallest absolute Gasteiger partial charge is 0.0494 e. The molecule has 20 heavy (non-hydrogen) atoms. The van der Waals surface area contributed by atoms with Crippen molar-refractivity contribution in [2.45, 2.75) is 31.7 Å². The molecule has 1 heterocycles. The van der Waals surface area contributed by atoms with E-state index in [4.69, 9.17) is 11.6 Å². The van der Waals surface area contributed by atoms with E-state index in [2.05, 4.69) is 70.2 Å². The highest BCUT2D eigenvalue weighted by Gasteiger charge is 2.25. The molecule has 104 valence electrons. The van der Waals surface area contributed by atoms with Crippen molar-refractivity contribution in [3.63, 3.8) is 0 Å². The number of halogens is 2. The standard InChI is InChI=1S/C17H17BrClN/c1-12-6-7-13-4-2-3-5-16(13)20(12)17-10-15(18)9-8-14(17)11-19/h2-5,8-10,12H,6-7,11H2,1H3. The van der Waals surface area contributed by atoms with Gasteiger partial charge in [0.1, 0.15) is 0 Å². The molecular formula is C17H17BrClN. The van der Waals surface area contributed by atoms with Gasteiger partial charge in [0.05, 0.1) is 0 Å². The van der Waals surface area contributed by atoms with Gasteiger partial charge in [-0.1, -0.05) is 40.2 Å². The maximum Gasteiger partial charge on any atom is 0.0494 e. The van der Waals surface area contributed by atoms with Crippen LogP contribution in [-0.4, -0.2) is 6.04 Å². The zero-order chi connectivity index (χ0) is 14.1. The molecule has 3 heteroatoms. The summed E-state index contributed by atoms with van der Waals surface area (Å²) < 4.78 is 1.09. The summed E-state index contributed by atoms with van der Waals surface area (Å²) in [5.41, 5.74) is 5.13. The quantitative estimate of drug-likeness (QED) is 0.632. The summed E-state index contributed by atoms with van der Waals surface area (Å²) in [7, 11) is 0. The Morgan fingerprint density at radius 1 is 1.20 bits per heavy atom. The lowest BCUT2D eigenvalue weighted by Crippen LogP contribution is -2.33. The number of hydrogen-bond donors (Lipinski definition) is 0. The second-order valence-corrected chi connectivity index (χ2v) is 6.48. The number of nitrogens with zero attached hydrogens (tertiary/aromatic N) is 1. The van der Waals surface area contributed by atoms with Gasteiger partial charge in [-0.3, -0.25) is 0 Å². The molecule has 1 aliphatic heterocycles. The van der Waals surface area contributed by atoms with Crippen molar-refractivity contribution in [3.05, 3.63) is 58.1 Å². The number of para-hydroxylation sites is 1. The first-order chi connectivity index (χ1) is 9.70. The van der Waals surface area contributed by atoms with Crippen LogP contribution in [0.1, 0.15) is 24.5 Å². The van der Waals surface area contributed by atoms with Crippen molar-refractivity contribution in [2.24, 2.45) is 0 Å². The van der Waals surface area contributed by atoms with Gasteiger partial charge >= 0.3 is 0 Å². The number of anilines is 2. The van der Waals surface area contributed by atoms with Gasteiger partial charge in [0.15, 0.2) is 0 Å². The van der Waals surface area contributed by atoms with Gasteiger partial charge in [-0.25, -0.2) is 0 Å². The average Bonchev–Trinajstić information content (AvgIpc) is 2.47. The third kappa shape index (κ3) is 2.47. The fourth-order valence-electron chi connectivity index (χ4n) is 2.93. The van der Waals surface area contributed by atoms with Gasteiger partial charge in [0, 0.05) is 27.8 Å². The zero-order valence-electron chi connectivity index (χ0n) is 11.4. The van der Waals surface area contributed by atoms with Crippen LogP contribution in [0.2, 0.25) is 0 Å². The van der Waals surface area contributed by atoms with Gasteiger partial charge in [-0.2, -0.15) is 0 Å². The van der Waals surface area contributed by atoms with E-state index in [0.717, 1.165) is 10.9 Å². The van der Waals surface area contributed by atoms with Crippen LogP contribution in [0.15, 0.2) is 46.9 Å². The summed E-state index contributed by atoms with van der Waals surface area (Å²) in [5, 5.41) is 0. The summed E-state index contributed by atoms with van der Waals surface area (Å²) in [6, 6.07) is 15.5. The molecule has 0 fully saturated rings. The van der Waals surface area contributed by atoms with E-state index in [1.165, 1.54) is 28.9 Å². The van der Waals surface area contributed by atoms with Crippen LogP contribution in [0.3, 0.4) is 0 Å². The summed E-state index contributed by atoms with van der Waals surface area (Å²) in [6.45, 7) is 2.29. The number of benzene rings is 2. The molecule has 0 spiro atoms. The lowest BCUT2D eigenvalue weighted by atomic mass is 9.95. The minimum absolute atomic E-state index is 0.487. The molecule has 0 saturated heterocycles. The second-order valence-electron chi connectivity index (χ2n) is 5.29. The molecule has 2 aromatic rings. The van der Waals surface area contributed by atoms with Crippen molar-refractivity contribution in [3.8, 4) is 0 Å². The molecule has 1 nitrogen and oxygen atoms in total. The van der Waals surface area contributed by atoms with E-state index < -0.39 is 0 Å². The first-order valence-corrected chi connectivity index (χ1v) is 8.25. The minimum Gasteiger partial charge on any atom is -0.338 e. The van der Waals surface area contributed by atoms with Crippen LogP contribution < -0.4 is 4.90 Å². The molecule has 0 radical (unpaired) electrons. The fourth-order valence-corrected chi connectivity index (χ4v) is 3.50. The number of rotatable bonds is 2. The SMILES string of the molecule is CC1CCc2ccccc2N1c1cc(Br)ccc1CCl. The van der Waals surface area contributed by atoms with Crippen LogP contribution in [0, 0.1) is 0 Å². The summed E-state index contributed by atoms with van der Waals surface area (Å²) >= 11 is 9.72. The van der Waals surface area contributed by atoms with Gasteiger partial charge < -0.3 is 4.90 Å². The van der Waals surface area contributed by atoms with Crippen LogP contribution in [0.5, 0.6) is 0 Å². The van der Waals surface area contributed by atoms with Crippen molar-refractivity contribution in [1.82, 2.24) is 0 Å². The van der Waals surface area contributed by atoms with E-state index in [9.17, 15) is 0 Å². The summed E-state index contributed by atoms with van der Waals surface area (Å²) in [5.74, 6) is 0.536. The van der Waals surface area contributed by atoms with Crippen LogP contribution in [0.25, 0.3) is 0 Å². The fraction of sp³-hybridized carbons (Fsp3) is 0.294. The minimum atomic E-state index is 0.487. The van der Waals surface area contributed by atoms with E-state index in [1.807, 2.05) is 0 Å². The molecule has 0 N–H and O–H groups in total. The van der Waals surface area contributed by atoms with Gasteiger partial charge in [0.2, 0.25) is 0 Å². The van der Waals surface area contributed by atoms with E-state index in [0.29, 0.717) is 11.9 Å². The topological polar surface area (TPSA) is 3.24 Å². The zero-order valence-corrected chi connectivity index (χ0v) is 13.8. The molecule has 0 bridgehead atoms.